The van der Waals surface area contributed by atoms with Crippen LogP contribution in [0.5, 0.6) is 5.75 Å². The van der Waals surface area contributed by atoms with Gasteiger partial charge in [-0.2, -0.15) is 11.8 Å². The van der Waals surface area contributed by atoms with Gasteiger partial charge in [-0.25, -0.2) is 13.1 Å². The highest BCUT2D eigenvalue weighted by atomic mass is 79.9. The minimum Gasteiger partial charge on any atom is -0.495 e. The maximum Gasteiger partial charge on any atom is 0.244 e. The van der Waals surface area contributed by atoms with E-state index in [4.69, 9.17) is 10.5 Å². The fourth-order valence-electron chi connectivity index (χ4n) is 1.41. The number of thioether (sulfide) groups is 1. The van der Waals surface area contributed by atoms with E-state index in [1.54, 1.807) is 17.8 Å². The average Bonchev–Trinajstić information content (AvgIpc) is 2.41. The highest BCUT2D eigenvalue weighted by Gasteiger charge is 2.20. The van der Waals surface area contributed by atoms with Gasteiger partial charge in [0.25, 0.3) is 0 Å². The van der Waals surface area contributed by atoms with Gasteiger partial charge in [-0.05, 0) is 28.1 Å². The Labute approximate surface area is 132 Å². The van der Waals surface area contributed by atoms with Crippen LogP contribution in [-0.2, 0) is 10.0 Å². The van der Waals surface area contributed by atoms with Crippen LogP contribution in [0.1, 0.15) is 0 Å². The van der Waals surface area contributed by atoms with Gasteiger partial charge in [0.1, 0.15) is 10.6 Å². The largest absolute Gasteiger partial charge is 0.495 e. The Morgan fingerprint density at radius 2 is 2.25 bits per heavy atom. The zero-order valence-electron chi connectivity index (χ0n) is 11.1. The summed E-state index contributed by atoms with van der Waals surface area (Å²) in [6.45, 7) is 3.93. The van der Waals surface area contributed by atoms with Crippen LogP contribution in [0.25, 0.3) is 0 Å². The first-order valence-electron chi connectivity index (χ1n) is 5.73. The van der Waals surface area contributed by atoms with Crippen LogP contribution in [0.4, 0.5) is 5.69 Å². The van der Waals surface area contributed by atoms with Crippen LogP contribution in [0.3, 0.4) is 0 Å². The van der Waals surface area contributed by atoms with Crippen molar-refractivity contribution >= 4 is 43.4 Å². The van der Waals surface area contributed by atoms with Gasteiger partial charge in [-0.15, -0.1) is 6.58 Å². The molecule has 0 heterocycles. The molecule has 0 radical (unpaired) electrons. The van der Waals surface area contributed by atoms with Crippen LogP contribution in [0.2, 0.25) is 0 Å². The second-order valence-corrected chi connectivity index (χ2v) is 7.53. The summed E-state index contributed by atoms with van der Waals surface area (Å²) in [5, 5.41) is 0. The van der Waals surface area contributed by atoms with E-state index in [1.165, 1.54) is 19.2 Å². The molecule has 0 unspecified atom stereocenters. The Hall–Kier alpha value is -0.700. The number of hydrogen-bond donors (Lipinski definition) is 2. The molecule has 1 aromatic rings. The molecule has 0 amide bonds. The number of nitrogens with one attached hydrogen (secondary N) is 1. The lowest BCUT2D eigenvalue weighted by atomic mass is 10.3. The van der Waals surface area contributed by atoms with Crippen molar-refractivity contribution in [3.63, 3.8) is 0 Å². The summed E-state index contributed by atoms with van der Waals surface area (Å²) in [6.07, 6.45) is 1.78. The fraction of sp³-hybridized carbons (Fsp3) is 0.333. The number of rotatable bonds is 8. The van der Waals surface area contributed by atoms with Crippen molar-refractivity contribution in [2.24, 2.45) is 0 Å². The molecule has 0 spiro atoms. The first-order valence-corrected chi connectivity index (χ1v) is 9.16. The Morgan fingerprint density at radius 1 is 1.55 bits per heavy atom. The van der Waals surface area contributed by atoms with Crippen molar-refractivity contribution in [2.75, 3.05) is 30.9 Å². The monoisotopic (exact) mass is 380 g/mol. The minimum absolute atomic E-state index is 0.0365. The van der Waals surface area contributed by atoms with E-state index in [1.807, 2.05) is 0 Å². The first kappa shape index (κ1) is 17.4. The molecule has 0 atom stereocenters. The Balaban J connectivity index is 2.86. The Bertz CT molecular complexity index is 576. The maximum absolute atomic E-state index is 12.2. The van der Waals surface area contributed by atoms with Gasteiger partial charge in [0, 0.05) is 28.2 Å². The molecule has 0 bridgehead atoms. The highest BCUT2D eigenvalue weighted by molar-refractivity contribution is 9.10. The number of hydrogen-bond acceptors (Lipinski definition) is 5. The lowest BCUT2D eigenvalue weighted by molar-refractivity contribution is 0.402. The van der Waals surface area contributed by atoms with Gasteiger partial charge in [0.05, 0.1) is 7.11 Å². The van der Waals surface area contributed by atoms with Gasteiger partial charge in [-0.3, -0.25) is 0 Å². The number of benzene rings is 1. The van der Waals surface area contributed by atoms with E-state index in [-0.39, 0.29) is 10.6 Å². The lowest BCUT2D eigenvalue weighted by Gasteiger charge is -2.12. The molecule has 0 saturated heterocycles. The standard InChI is InChI=1S/C12H17BrN2O3S2/c1-3-5-19-6-4-15-20(16,17)12-8-10(14)9(13)7-11(12)18-2/h3,7-8,15H,1,4-6,14H2,2H3. The summed E-state index contributed by atoms with van der Waals surface area (Å²) < 4.78 is 32.6. The van der Waals surface area contributed by atoms with Crippen molar-refractivity contribution in [3.8, 4) is 5.75 Å². The minimum atomic E-state index is -3.64. The molecule has 0 aliphatic rings. The summed E-state index contributed by atoms with van der Waals surface area (Å²) >= 11 is 4.83. The number of ether oxygens (including phenoxy) is 1. The molecule has 112 valence electrons. The molecule has 20 heavy (non-hydrogen) atoms. The molecule has 1 rings (SSSR count). The smallest absolute Gasteiger partial charge is 0.244 e. The second kappa shape index (κ2) is 7.92. The number of anilines is 1. The zero-order valence-corrected chi connectivity index (χ0v) is 14.3. The van der Waals surface area contributed by atoms with Crippen LogP contribution >= 0.6 is 27.7 Å². The first-order chi connectivity index (χ1) is 9.42. The molecule has 5 nitrogen and oxygen atoms in total. The second-order valence-electron chi connectivity index (χ2n) is 3.79. The molecule has 0 saturated carbocycles. The fourth-order valence-corrected chi connectivity index (χ4v) is 3.66. The number of sulfonamides is 1. The third-order valence-corrected chi connectivity index (χ3v) is 5.48. The predicted molar refractivity (Wildman–Crippen MR) is 87.8 cm³/mol. The SMILES string of the molecule is C=CCSCCNS(=O)(=O)c1cc(N)c(Br)cc1OC. The molecular formula is C12H17BrN2O3S2. The van der Waals surface area contributed by atoms with E-state index in [0.717, 1.165) is 5.75 Å². The average molecular weight is 381 g/mol. The van der Waals surface area contributed by atoms with Gasteiger partial charge in [0.15, 0.2) is 0 Å². The Kier molecular flexibility index (Phi) is 6.87. The van der Waals surface area contributed by atoms with Gasteiger partial charge in [-0.1, -0.05) is 6.08 Å². The third-order valence-electron chi connectivity index (χ3n) is 2.35. The molecule has 0 fully saturated rings. The number of halogens is 1. The van der Waals surface area contributed by atoms with Crippen molar-refractivity contribution < 1.29 is 13.2 Å². The van der Waals surface area contributed by atoms with Gasteiger partial charge < -0.3 is 10.5 Å². The molecule has 0 aliphatic heterocycles. The molecule has 8 heteroatoms. The molecule has 0 aromatic heterocycles. The zero-order chi connectivity index (χ0) is 15.2. The predicted octanol–water partition coefficient (Wildman–Crippen LogP) is 2.24. The topological polar surface area (TPSA) is 81.4 Å². The Morgan fingerprint density at radius 3 is 2.85 bits per heavy atom. The van der Waals surface area contributed by atoms with E-state index in [2.05, 4.69) is 27.2 Å². The van der Waals surface area contributed by atoms with Crippen molar-refractivity contribution in [1.29, 1.82) is 0 Å². The quantitative estimate of drug-likeness (QED) is 0.410. The van der Waals surface area contributed by atoms with Crippen molar-refractivity contribution in [1.82, 2.24) is 4.72 Å². The highest BCUT2D eigenvalue weighted by Crippen LogP contribution is 2.32. The van der Waals surface area contributed by atoms with Gasteiger partial charge in [0.2, 0.25) is 10.0 Å². The third kappa shape index (κ3) is 4.69. The molecular weight excluding hydrogens is 364 g/mol. The van der Waals surface area contributed by atoms with Gasteiger partial charge >= 0.3 is 0 Å². The summed E-state index contributed by atoms with van der Waals surface area (Å²) in [7, 11) is -2.23. The summed E-state index contributed by atoms with van der Waals surface area (Å²) in [5.41, 5.74) is 6.07. The summed E-state index contributed by atoms with van der Waals surface area (Å²) in [4.78, 5) is 0.0365. The molecule has 1 aromatic carbocycles. The maximum atomic E-state index is 12.2. The van der Waals surface area contributed by atoms with E-state index in [9.17, 15) is 8.42 Å². The van der Waals surface area contributed by atoms with Crippen molar-refractivity contribution in [3.05, 3.63) is 29.3 Å². The normalized spacial score (nSPS) is 11.3. The lowest BCUT2D eigenvalue weighted by Crippen LogP contribution is -2.26. The summed E-state index contributed by atoms with van der Waals surface area (Å²) in [5.74, 6) is 1.70. The number of nitrogen functional groups attached to an aromatic ring is 1. The van der Waals surface area contributed by atoms with Crippen molar-refractivity contribution in [2.45, 2.75) is 4.90 Å². The molecule has 3 N–H and O–H groups in total. The molecule has 0 aliphatic carbocycles. The number of nitrogens with two attached hydrogens (primary N) is 1. The van der Waals surface area contributed by atoms with E-state index < -0.39 is 10.0 Å². The van der Waals surface area contributed by atoms with Crippen LogP contribution in [0, 0.1) is 0 Å². The summed E-state index contributed by atoms with van der Waals surface area (Å²) in [6, 6.07) is 2.92. The van der Waals surface area contributed by atoms with E-state index in [0.29, 0.717) is 22.5 Å². The van der Waals surface area contributed by atoms with E-state index >= 15 is 0 Å². The van der Waals surface area contributed by atoms with Crippen LogP contribution in [-0.4, -0.2) is 33.6 Å². The van der Waals surface area contributed by atoms with Crippen LogP contribution < -0.4 is 15.2 Å². The van der Waals surface area contributed by atoms with Crippen LogP contribution in [0.15, 0.2) is 34.2 Å². The number of methoxy groups -OCH3 is 1.